The lowest BCUT2D eigenvalue weighted by Crippen LogP contribution is -2.17. The molecule has 0 fully saturated rings. The smallest absolute Gasteiger partial charge is 0.406 e. The van der Waals surface area contributed by atoms with Crippen LogP contribution in [0.15, 0.2) is 66.8 Å². The fourth-order valence-corrected chi connectivity index (χ4v) is 2.88. The number of ether oxygens (including phenoxy) is 1. The molecule has 1 aromatic carbocycles. The van der Waals surface area contributed by atoms with Crippen molar-refractivity contribution in [2.45, 2.75) is 33.7 Å². The zero-order valence-electron chi connectivity index (χ0n) is 17.3. The maximum Gasteiger partial charge on any atom is 0.573 e. The lowest BCUT2D eigenvalue weighted by molar-refractivity contribution is -0.274. The third kappa shape index (κ3) is 6.18. The van der Waals surface area contributed by atoms with Crippen molar-refractivity contribution in [3.63, 3.8) is 0 Å². The van der Waals surface area contributed by atoms with Crippen LogP contribution >= 0.6 is 0 Å². The highest BCUT2D eigenvalue weighted by atomic mass is 19.4. The normalized spacial score (nSPS) is 12.4. The molecule has 0 atom stereocenters. The van der Waals surface area contributed by atoms with E-state index in [1.54, 1.807) is 6.20 Å². The zero-order valence-corrected chi connectivity index (χ0v) is 17.3. The number of nitrogens with one attached hydrogen (secondary N) is 1. The van der Waals surface area contributed by atoms with Crippen LogP contribution in [0.5, 0.6) is 5.75 Å². The second-order valence-corrected chi connectivity index (χ2v) is 6.86. The minimum absolute atomic E-state index is 0.288. The number of aromatic nitrogens is 4. The van der Waals surface area contributed by atoms with Crippen LogP contribution in [0, 0.1) is 6.92 Å². The average molecular weight is 429 g/mol. The average Bonchev–Trinajstić information content (AvgIpc) is 3.16. The Bertz CT molecular complexity index is 1090. The molecule has 2 heterocycles. The van der Waals surface area contributed by atoms with Gasteiger partial charge in [-0.25, -0.2) is 9.97 Å². The number of hydrogen-bond donors (Lipinski definition) is 1. The Morgan fingerprint density at radius 2 is 1.94 bits per heavy atom. The summed E-state index contributed by atoms with van der Waals surface area (Å²) in [5.74, 6) is 0.260. The molecule has 3 rings (SSSR count). The van der Waals surface area contributed by atoms with E-state index in [0.717, 1.165) is 22.4 Å². The highest BCUT2D eigenvalue weighted by Gasteiger charge is 2.30. The zero-order chi connectivity index (χ0) is 22.4. The van der Waals surface area contributed by atoms with Gasteiger partial charge in [0.15, 0.2) is 0 Å². The Hall–Kier alpha value is -3.62. The number of allylic oxidation sites excluding steroid dienone is 4. The first kappa shape index (κ1) is 22.1. The van der Waals surface area contributed by atoms with Crippen molar-refractivity contribution >= 4 is 11.5 Å². The Balaban J connectivity index is 1.76. The van der Waals surface area contributed by atoms with E-state index in [1.165, 1.54) is 30.6 Å². The Morgan fingerprint density at radius 3 is 2.61 bits per heavy atom. The number of anilines is 2. The first-order valence-electron chi connectivity index (χ1n) is 9.51. The summed E-state index contributed by atoms with van der Waals surface area (Å²) in [5, 5.41) is 7.50. The molecule has 0 radical (unpaired) electrons. The molecule has 162 valence electrons. The van der Waals surface area contributed by atoms with Crippen molar-refractivity contribution < 1.29 is 17.9 Å². The van der Waals surface area contributed by atoms with Gasteiger partial charge in [0.1, 0.15) is 17.9 Å². The molecule has 0 aliphatic rings. The van der Waals surface area contributed by atoms with E-state index in [4.69, 9.17) is 0 Å². The maximum atomic E-state index is 12.3. The summed E-state index contributed by atoms with van der Waals surface area (Å²) in [6, 6.07) is 5.45. The van der Waals surface area contributed by atoms with E-state index in [0.29, 0.717) is 18.1 Å². The van der Waals surface area contributed by atoms with Gasteiger partial charge in [-0.2, -0.15) is 5.10 Å². The Morgan fingerprint density at radius 1 is 1.19 bits per heavy atom. The van der Waals surface area contributed by atoms with Gasteiger partial charge in [-0.05, 0) is 45.0 Å². The highest BCUT2D eigenvalue weighted by Crippen LogP contribution is 2.28. The molecule has 0 amide bonds. The molecule has 9 heteroatoms. The fourth-order valence-electron chi connectivity index (χ4n) is 2.88. The van der Waals surface area contributed by atoms with E-state index in [2.05, 4.69) is 25.1 Å². The predicted molar refractivity (Wildman–Crippen MR) is 113 cm³/mol. The van der Waals surface area contributed by atoms with Gasteiger partial charge in [0.25, 0.3) is 0 Å². The molecule has 1 N–H and O–H groups in total. The van der Waals surface area contributed by atoms with Crippen LogP contribution < -0.4 is 10.1 Å². The highest BCUT2D eigenvalue weighted by molar-refractivity contribution is 5.70. The van der Waals surface area contributed by atoms with E-state index < -0.39 is 6.36 Å². The fraction of sp³-hybridized carbons (Fsp3) is 0.227. The minimum Gasteiger partial charge on any atom is -0.406 e. The van der Waals surface area contributed by atoms with Gasteiger partial charge in [-0.15, -0.1) is 13.2 Å². The van der Waals surface area contributed by atoms with Crippen LogP contribution in [0.3, 0.4) is 0 Å². The van der Waals surface area contributed by atoms with Gasteiger partial charge in [-0.3, -0.25) is 4.68 Å². The second-order valence-electron chi connectivity index (χ2n) is 6.86. The van der Waals surface area contributed by atoms with Crippen molar-refractivity contribution in [1.29, 1.82) is 0 Å². The third-order valence-corrected chi connectivity index (χ3v) is 4.33. The molecule has 31 heavy (non-hydrogen) atoms. The second kappa shape index (κ2) is 9.46. The van der Waals surface area contributed by atoms with Crippen LogP contribution in [0.2, 0.25) is 0 Å². The van der Waals surface area contributed by atoms with Crippen molar-refractivity contribution in [1.82, 2.24) is 19.7 Å². The van der Waals surface area contributed by atoms with Crippen molar-refractivity contribution in [3.8, 4) is 17.0 Å². The van der Waals surface area contributed by atoms with Gasteiger partial charge in [-0.1, -0.05) is 23.8 Å². The quantitative estimate of drug-likeness (QED) is 0.480. The maximum absolute atomic E-state index is 12.3. The Labute approximate surface area is 178 Å². The van der Waals surface area contributed by atoms with Gasteiger partial charge in [0.05, 0.1) is 18.4 Å². The first-order chi connectivity index (χ1) is 14.7. The van der Waals surface area contributed by atoms with Crippen LogP contribution in [-0.4, -0.2) is 26.1 Å². The topological polar surface area (TPSA) is 64.9 Å². The van der Waals surface area contributed by atoms with E-state index in [1.807, 2.05) is 49.9 Å². The predicted octanol–water partition coefficient (Wildman–Crippen LogP) is 5.81. The summed E-state index contributed by atoms with van der Waals surface area (Å²) in [6.07, 6.45) is 6.34. The molecule has 0 bridgehead atoms. The van der Waals surface area contributed by atoms with Crippen molar-refractivity contribution in [2.75, 3.05) is 5.32 Å². The lowest BCUT2D eigenvalue weighted by atomic mass is 10.1. The minimum atomic E-state index is -4.72. The summed E-state index contributed by atoms with van der Waals surface area (Å²) < 4.78 is 42.6. The van der Waals surface area contributed by atoms with Crippen molar-refractivity contribution in [2.24, 2.45) is 0 Å². The van der Waals surface area contributed by atoms with Gasteiger partial charge < -0.3 is 10.1 Å². The van der Waals surface area contributed by atoms with Crippen LogP contribution in [-0.2, 0) is 6.54 Å². The SMILES string of the molecule is C/C=C\C=C(/C)Cn1cc(-c2ncnc(Nc3ccc(OC(F)(F)F)cc3)c2C)cn1. The van der Waals surface area contributed by atoms with Crippen molar-refractivity contribution in [3.05, 3.63) is 72.4 Å². The molecule has 6 nitrogen and oxygen atoms in total. The molecule has 2 aromatic heterocycles. The monoisotopic (exact) mass is 429 g/mol. The van der Waals surface area contributed by atoms with Crippen LogP contribution in [0.1, 0.15) is 19.4 Å². The molecule has 0 aliphatic carbocycles. The summed E-state index contributed by atoms with van der Waals surface area (Å²) >= 11 is 0. The van der Waals surface area contributed by atoms with Crippen LogP contribution in [0.25, 0.3) is 11.3 Å². The van der Waals surface area contributed by atoms with E-state index in [9.17, 15) is 13.2 Å². The molecular weight excluding hydrogens is 407 g/mol. The molecule has 0 saturated carbocycles. The largest absolute Gasteiger partial charge is 0.573 e. The van der Waals surface area contributed by atoms with E-state index >= 15 is 0 Å². The number of alkyl halides is 3. The summed E-state index contributed by atoms with van der Waals surface area (Å²) in [6.45, 7) is 6.52. The standard InChI is InChI=1S/C22H22F3N5O/c1-4-5-6-15(2)12-30-13-17(11-28-30)20-16(3)21(27-14-26-20)29-18-7-9-19(10-8-18)31-22(23,24)25/h4-11,13-14H,12H2,1-3H3,(H,26,27,29)/b5-4-,15-6+. The summed E-state index contributed by atoms with van der Waals surface area (Å²) in [4.78, 5) is 8.63. The lowest BCUT2D eigenvalue weighted by Gasteiger charge is -2.12. The number of rotatable bonds is 7. The molecule has 0 saturated heterocycles. The number of benzene rings is 1. The van der Waals surface area contributed by atoms with Gasteiger partial charge in [0.2, 0.25) is 0 Å². The summed E-state index contributed by atoms with van der Waals surface area (Å²) in [7, 11) is 0. The van der Waals surface area contributed by atoms with Gasteiger partial charge in [0, 0.05) is 23.0 Å². The van der Waals surface area contributed by atoms with E-state index in [-0.39, 0.29) is 5.75 Å². The first-order valence-corrected chi connectivity index (χ1v) is 9.51. The number of halogens is 3. The molecule has 3 aromatic rings. The Kier molecular flexibility index (Phi) is 6.74. The number of hydrogen-bond acceptors (Lipinski definition) is 5. The molecule has 0 aliphatic heterocycles. The third-order valence-electron chi connectivity index (χ3n) is 4.33. The molecule has 0 spiro atoms. The molecular formula is C22H22F3N5O. The van der Waals surface area contributed by atoms with Gasteiger partial charge >= 0.3 is 6.36 Å². The summed E-state index contributed by atoms with van der Waals surface area (Å²) in [5.41, 5.74) is 4.08. The number of nitrogens with zero attached hydrogens (tertiary/aromatic N) is 4. The molecule has 0 unspecified atom stereocenters. The van der Waals surface area contributed by atoms with Crippen LogP contribution in [0.4, 0.5) is 24.7 Å².